The van der Waals surface area contributed by atoms with E-state index < -0.39 is 23.7 Å². The molecule has 0 spiro atoms. The predicted molar refractivity (Wildman–Crippen MR) is 38.5 cm³/mol. The zero-order chi connectivity index (χ0) is 9.94. The molecule has 6 heteroatoms. The lowest BCUT2D eigenvalue weighted by atomic mass is 10.2. The standard InChI is InChI=1S/C6H11NO5/c1-3(4(8)9)7-6(2,12)5(10)11/h3,7,12H,1-2H3,(H,8,9)(H,10,11)/t3-,6?/m1/s1. The van der Waals surface area contributed by atoms with Crippen LogP contribution in [-0.2, 0) is 9.59 Å². The smallest absolute Gasteiger partial charge is 0.350 e. The van der Waals surface area contributed by atoms with E-state index in [1.165, 1.54) is 6.92 Å². The molecule has 0 saturated heterocycles. The molecule has 0 aromatic carbocycles. The molecule has 4 N–H and O–H groups in total. The summed E-state index contributed by atoms with van der Waals surface area (Å²) in [6, 6.07) is -1.11. The van der Waals surface area contributed by atoms with Gasteiger partial charge in [-0.1, -0.05) is 0 Å². The Kier molecular flexibility index (Phi) is 3.17. The van der Waals surface area contributed by atoms with E-state index in [1.807, 2.05) is 5.32 Å². The minimum atomic E-state index is -2.21. The van der Waals surface area contributed by atoms with Crippen LogP contribution in [0.4, 0.5) is 0 Å². The lowest BCUT2D eigenvalue weighted by Gasteiger charge is -2.21. The van der Waals surface area contributed by atoms with Crippen molar-refractivity contribution in [2.75, 3.05) is 0 Å². The fraction of sp³-hybridized carbons (Fsp3) is 0.667. The Balaban J connectivity index is 4.24. The third-order valence-electron chi connectivity index (χ3n) is 1.28. The summed E-state index contributed by atoms with van der Waals surface area (Å²) in [4.78, 5) is 20.5. The SMILES string of the molecule is C[C@@H](NC(C)(O)C(=O)O)C(=O)O. The van der Waals surface area contributed by atoms with Gasteiger partial charge in [-0.25, -0.2) is 4.79 Å². The zero-order valence-corrected chi connectivity index (χ0v) is 6.74. The first-order chi connectivity index (χ1) is 5.27. The van der Waals surface area contributed by atoms with Crippen molar-refractivity contribution in [3.8, 4) is 0 Å². The maximum absolute atomic E-state index is 10.3. The first-order valence-electron chi connectivity index (χ1n) is 3.23. The monoisotopic (exact) mass is 177 g/mol. The van der Waals surface area contributed by atoms with E-state index in [0.29, 0.717) is 0 Å². The van der Waals surface area contributed by atoms with Crippen molar-refractivity contribution in [2.24, 2.45) is 0 Å². The second kappa shape index (κ2) is 3.51. The van der Waals surface area contributed by atoms with Gasteiger partial charge in [0.05, 0.1) is 0 Å². The highest BCUT2D eigenvalue weighted by atomic mass is 16.4. The normalized spacial score (nSPS) is 17.9. The topological polar surface area (TPSA) is 107 Å². The second-order valence-electron chi connectivity index (χ2n) is 2.58. The van der Waals surface area contributed by atoms with Gasteiger partial charge in [-0.15, -0.1) is 0 Å². The number of nitrogens with one attached hydrogen (secondary N) is 1. The van der Waals surface area contributed by atoms with Crippen molar-refractivity contribution in [1.82, 2.24) is 5.32 Å². The summed E-state index contributed by atoms with van der Waals surface area (Å²) in [5.41, 5.74) is -2.21. The molecule has 0 aliphatic heterocycles. The molecule has 0 rings (SSSR count). The van der Waals surface area contributed by atoms with Crippen molar-refractivity contribution < 1.29 is 24.9 Å². The summed E-state index contributed by atoms with van der Waals surface area (Å²) in [6.45, 7) is 2.20. The van der Waals surface area contributed by atoms with Crippen molar-refractivity contribution in [3.05, 3.63) is 0 Å². The van der Waals surface area contributed by atoms with Gasteiger partial charge in [-0.3, -0.25) is 10.1 Å². The number of carbonyl (C=O) groups is 2. The largest absolute Gasteiger partial charge is 0.480 e. The van der Waals surface area contributed by atoms with Gasteiger partial charge in [0, 0.05) is 0 Å². The van der Waals surface area contributed by atoms with E-state index in [0.717, 1.165) is 6.92 Å². The van der Waals surface area contributed by atoms with Crippen LogP contribution in [0.3, 0.4) is 0 Å². The van der Waals surface area contributed by atoms with Crippen LogP contribution < -0.4 is 5.32 Å². The number of rotatable bonds is 4. The minimum absolute atomic E-state index is 0.967. The van der Waals surface area contributed by atoms with Gasteiger partial charge >= 0.3 is 11.9 Å². The van der Waals surface area contributed by atoms with Crippen LogP contribution >= 0.6 is 0 Å². The number of carboxylic acids is 2. The fourth-order valence-electron chi connectivity index (χ4n) is 0.545. The van der Waals surface area contributed by atoms with Crippen LogP contribution in [0.15, 0.2) is 0 Å². The van der Waals surface area contributed by atoms with Crippen LogP contribution in [0, 0.1) is 0 Å². The summed E-state index contributed by atoms with van der Waals surface area (Å²) < 4.78 is 0. The highest BCUT2D eigenvalue weighted by Crippen LogP contribution is 1.99. The van der Waals surface area contributed by atoms with Gasteiger partial charge in [-0.2, -0.15) is 0 Å². The van der Waals surface area contributed by atoms with Gasteiger partial charge in [0.1, 0.15) is 6.04 Å². The molecule has 0 aromatic heterocycles. The summed E-state index contributed by atoms with van der Waals surface area (Å²) in [6.07, 6.45) is 0. The third kappa shape index (κ3) is 2.85. The number of aliphatic hydroxyl groups is 1. The molecular weight excluding hydrogens is 166 g/mol. The molecule has 0 amide bonds. The number of hydrogen-bond donors (Lipinski definition) is 4. The van der Waals surface area contributed by atoms with Gasteiger partial charge in [0.25, 0.3) is 0 Å². The van der Waals surface area contributed by atoms with E-state index in [-0.39, 0.29) is 0 Å². The quantitative estimate of drug-likeness (QED) is 0.403. The first kappa shape index (κ1) is 10.9. The number of aliphatic carboxylic acids is 2. The summed E-state index contributed by atoms with van der Waals surface area (Å²) in [5.74, 6) is -2.74. The molecule has 0 saturated carbocycles. The molecule has 1 unspecified atom stereocenters. The van der Waals surface area contributed by atoms with Crippen molar-refractivity contribution in [3.63, 3.8) is 0 Å². The average molecular weight is 177 g/mol. The maximum Gasteiger partial charge on any atom is 0.350 e. The Morgan fingerprint density at radius 2 is 1.83 bits per heavy atom. The maximum atomic E-state index is 10.3. The van der Waals surface area contributed by atoms with Crippen LogP contribution in [0.5, 0.6) is 0 Å². The van der Waals surface area contributed by atoms with Crippen molar-refractivity contribution in [1.29, 1.82) is 0 Å². The molecule has 0 aromatic rings. The van der Waals surface area contributed by atoms with Crippen LogP contribution in [0.25, 0.3) is 0 Å². The molecule has 6 nitrogen and oxygen atoms in total. The zero-order valence-electron chi connectivity index (χ0n) is 6.74. The average Bonchev–Trinajstić information content (AvgIpc) is 1.85. The molecule has 0 heterocycles. The lowest BCUT2D eigenvalue weighted by molar-refractivity contribution is -0.162. The van der Waals surface area contributed by atoms with Gasteiger partial charge in [0.15, 0.2) is 0 Å². The van der Waals surface area contributed by atoms with Crippen molar-refractivity contribution in [2.45, 2.75) is 25.6 Å². The molecule has 0 aliphatic carbocycles. The van der Waals surface area contributed by atoms with Crippen LogP contribution in [-0.4, -0.2) is 39.0 Å². The first-order valence-corrected chi connectivity index (χ1v) is 3.23. The van der Waals surface area contributed by atoms with E-state index in [1.54, 1.807) is 0 Å². The molecule has 0 bridgehead atoms. The summed E-state index contributed by atoms with van der Waals surface area (Å²) >= 11 is 0. The van der Waals surface area contributed by atoms with Crippen molar-refractivity contribution >= 4 is 11.9 Å². The van der Waals surface area contributed by atoms with Gasteiger partial charge < -0.3 is 15.3 Å². The third-order valence-corrected chi connectivity index (χ3v) is 1.28. The van der Waals surface area contributed by atoms with E-state index in [2.05, 4.69) is 0 Å². The molecule has 2 atom stereocenters. The minimum Gasteiger partial charge on any atom is -0.480 e. The molecule has 12 heavy (non-hydrogen) atoms. The Bertz CT molecular complexity index is 200. The Labute approximate surface area is 68.8 Å². The molecule has 70 valence electrons. The molecular formula is C6H11NO5. The van der Waals surface area contributed by atoms with Crippen LogP contribution in [0.2, 0.25) is 0 Å². The fourth-order valence-corrected chi connectivity index (χ4v) is 0.545. The van der Waals surface area contributed by atoms with E-state index >= 15 is 0 Å². The highest BCUT2D eigenvalue weighted by molar-refractivity contribution is 5.78. The lowest BCUT2D eigenvalue weighted by Crippen LogP contribution is -2.55. The molecule has 0 aliphatic rings. The Morgan fingerprint density at radius 3 is 2.08 bits per heavy atom. The summed E-state index contributed by atoms with van der Waals surface area (Å²) in [7, 11) is 0. The Morgan fingerprint density at radius 1 is 1.42 bits per heavy atom. The number of carboxylic acid groups (broad SMARTS) is 2. The van der Waals surface area contributed by atoms with E-state index in [9.17, 15) is 9.59 Å². The highest BCUT2D eigenvalue weighted by Gasteiger charge is 2.32. The molecule has 0 radical (unpaired) electrons. The van der Waals surface area contributed by atoms with Gasteiger partial charge in [-0.05, 0) is 13.8 Å². The van der Waals surface area contributed by atoms with Crippen LogP contribution in [0.1, 0.15) is 13.8 Å². The molecule has 0 fully saturated rings. The van der Waals surface area contributed by atoms with Gasteiger partial charge in [0.2, 0.25) is 5.72 Å². The van der Waals surface area contributed by atoms with E-state index in [4.69, 9.17) is 15.3 Å². The number of hydrogen-bond acceptors (Lipinski definition) is 4. The Hall–Kier alpha value is -1.14. The summed E-state index contributed by atoms with van der Waals surface area (Å²) in [5, 5.41) is 27.8. The second-order valence-corrected chi connectivity index (χ2v) is 2.58. The predicted octanol–water partition coefficient (Wildman–Crippen LogP) is -1.16.